The predicted octanol–water partition coefficient (Wildman–Crippen LogP) is 5.42. The van der Waals surface area contributed by atoms with Gasteiger partial charge in [-0.15, -0.1) is 0 Å². The van der Waals surface area contributed by atoms with Gasteiger partial charge >= 0.3 is 0 Å². The summed E-state index contributed by atoms with van der Waals surface area (Å²) in [6.45, 7) is 2.01. The van der Waals surface area contributed by atoms with Crippen LogP contribution in [0.3, 0.4) is 0 Å². The highest BCUT2D eigenvalue weighted by atomic mass is 35.5. The van der Waals surface area contributed by atoms with E-state index in [4.69, 9.17) is 11.6 Å². The fourth-order valence-corrected chi connectivity index (χ4v) is 2.08. The van der Waals surface area contributed by atoms with E-state index in [0.717, 1.165) is 17.5 Å². The second kappa shape index (κ2) is 7.61. The molecule has 0 saturated carbocycles. The van der Waals surface area contributed by atoms with E-state index < -0.39 is 0 Å². The molecule has 0 fully saturated rings. The first-order chi connectivity index (χ1) is 10.2. The van der Waals surface area contributed by atoms with Crippen molar-refractivity contribution < 1.29 is 4.79 Å². The first kappa shape index (κ1) is 15.3. The Labute approximate surface area is 130 Å². The average molecular weight is 297 g/mol. The van der Waals surface area contributed by atoms with E-state index in [1.165, 1.54) is 0 Å². The molecule has 0 spiro atoms. The Balaban J connectivity index is 2.43. The SMILES string of the molecule is CC/C=C/C(=O)/C(=C/c1ccc(Cl)cc1)c1ccccc1. The number of rotatable bonds is 5. The molecule has 0 aliphatic heterocycles. The summed E-state index contributed by atoms with van der Waals surface area (Å²) >= 11 is 5.90. The number of carbonyl (C=O) groups is 1. The standard InChI is InChI=1S/C19H17ClO/c1-2-3-9-19(21)18(16-7-5-4-6-8-16)14-15-10-12-17(20)13-11-15/h3-14H,2H2,1H3/b9-3+,18-14+. The maximum atomic E-state index is 12.4. The number of benzene rings is 2. The van der Waals surface area contributed by atoms with Crippen molar-refractivity contribution >= 4 is 29.0 Å². The van der Waals surface area contributed by atoms with Crippen LogP contribution in [-0.4, -0.2) is 5.78 Å². The Morgan fingerprint density at radius 3 is 2.33 bits per heavy atom. The molecule has 0 saturated heterocycles. The monoisotopic (exact) mass is 296 g/mol. The van der Waals surface area contributed by atoms with Gasteiger partial charge in [-0.25, -0.2) is 0 Å². The predicted molar refractivity (Wildman–Crippen MR) is 90.2 cm³/mol. The topological polar surface area (TPSA) is 17.1 Å². The Bertz CT molecular complexity index is 652. The van der Waals surface area contributed by atoms with E-state index in [-0.39, 0.29) is 5.78 Å². The summed E-state index contributed by atoms with van der Waals surface area (Å²) in [5, 5.41) is 0.686. The van der Waals surface area contributed by atoms with Crippen molar-refractivity contribution in [3.05, 3.63) is 82.9 Å². The van der Waals surface area contributed by atoms with Crippen LogP contribution in [0.4, 0.5) is 0 Å². The van der Waals surface area contributed by atoms with Crippen molar-refractivity contribution in [2.45, 2.75) is 13.3 Å². The molecule has 0 heterocycles. The van der Waals surface area contributed by atoms with Gasteiger partial charge in [0.2, 0.25) is 0 Å². The van der Waals surface area contributed by atoms with Crippen LogP contribution in [0.1, 0.15) is 24.5 Å². The van der Waals surface area contributed by atoms with Gasteiger partial charge in [-0.2, -0.15) is 0 Å². The first-order valence-electron chi connectivity index (χ1n) is 6.94. The molecule has 0 aliphatic carbocycles. The smallest absolute Gasteiger partial charge is 0.186 e. The zero-order chi connectivity index (χ0) is 15.1. The zero-order valence-electron chi connectivity index (χ0n) is 11.9. The lowest BCUT2D eigenvalue weighted by molar-refractivity contribution is -0.109. The average Bonchev–Trinajstić information content (AvgIpc) is 2.53. The van der Waals surface area contributed by atoms with Crippen molar-refractivity contribution in [2.75, 3.05) is 0 Å². The molecule has 0 unspecified atom stereocenters. The van der Waals surface area contributed by atoms with Crippen molar-refractivity contribution in [3.8, 4) is 0 Å². The fourth-order valence-electron chi connectivity index (χ4n) is 1.95. The Kier molecular flexibility index (Phi) is 5.53. The zero-order valence-corrected chi connectivity index (χ0v) is 12.7. The van der Waals surface area contributed by atoms with Gasteiger partial charge in [-0.05, 0) is 41.8 Å². The molecule has 2 aromatic carbocycles. The van der Waals surface area contributed by atoms with Gasteiger partial charge < -0.3 is 0 Å². The number of allylic oxidation sites excluding steroid dienone is 3. The van der Waals surface area contributed by atoms with Crippen molar-refractivity contribution in [3.63, 3.8) is 0 Å². The summed E-state index contributed by atoms with van der Waals surface area (Å²) in [4.78, 5) is 12.4. The minimum atomic E-state index is 0.0120. The molecule has 21 heavy (non-hydrogen) atoms. The van der Waals surface area contributed by atoms with Crippen molar-refractivity contribution in [1.82, 2.24) is 0 Å². The molecule has 0 bridgehead atoms. The van der Waals surface area contributed by atoms with Gasteiger partial charge in [0, 0.05) is 10.6 Å². The third-order valence-electron chi connectivity index (χ3n) is 3.04. The highest BCUT2D eigenvalue weighted by Crippen LogP contribution is 2.21. The number of carbonyl (C=O) groups excluding carboxylic acids is 1. The lowest BCUT2D eigenvalue weighted by Crippen LogP contribution is -1.98. The number of ketones is 1. The summed E-state index contributed by atoms with van der Waals surface area (Å²) in [7, 11) is 0. The summed E-state index contributed by atoms with van der Waals surface area (Å²) in [6, 6.07) is 17.1. The molecule has 2 aromatic rings. The summed E-state index contributed by atoms with van der Waals surface area (Å²) in [5.74, 6) is 0.0120. The molecule has 0 N–H and O–H groups in total. The Morgan fingerprint density at radius 2 is 1.71 bits per heavy atom. The Hall–Kier alpha value is -2.12. The van der Waals surface area contributed by atoms with E-state index in [1.807, 2.05) is 73.7 Å². The third-order valence-corrected chi connectivity index (χ3v) is 3.29. The minimum absolute atomic E-state index is 0.0120. The summed E-state index contributed by atoms with van der Waals surface area (Å²) in [5.41, 5.74) is 2.55. The van der Waals surface area contributed by atoms with Crippen molar-refractivity contribution in [2.24, 2.45) is 0 Å². The molecule has 0 aromatic heterocycles. The molecule has 0 radical (unpaired) electrons. The number of hydrogen-bond donors (Lipinski definition) is 0. The third kappa shape index (κ3) is 4.44. The largest absolute Gasteiger partial charge is 0.289 e. The maximum Gasteiger partial charge on any atom is 0.186 e. The van der Waals surface area contributed by atoms with Gasteiger partial charge in [-0.1, -0.05) is 67.1 Å². The van der Waals surface area contributed by atoms with Crippen LogP contribution in [0, 0.1) is 0 Å². The van der Waals surface area contributed by atoms with E-state index in [9.17, 15) is 4.79 Å². The van der Waals surface area contributed by atoms with Crippen LogP contribution in [0.2, 0.25) is 5.02 Å². The van der Waals surface area contributed by atoms with Crippen LogP contribution < -0.4 is 0 Å². The Morgan fingerprint density at radius 1 is 1.05 bits per heavy atom. The summed E-state index contributed by atoms with van der Waals surface area (Å²) < 4.78 is 0. The van der Waals surface area contributed by atoms with Crippen LogP contribution in [-0.2, 0) is 4.79 Å². The van der Waals surface area contributed by atoms with Gasteiger partial charge in [0.15, 0.2) is 5.78 Å². The maximum absolute atomic E-state index is 12.4. The highest BCUT2D eigenvalue weighted by Gasteiger charge is 2.08. The van der Waals surface area contributed by atoms with Crippen LogP contribution in [0.15, 0.2) is 66.7 Å². The van der Waals surface area contributed by atoms with E-state index in [1.54, 1.807) is 6.08 Å². The number of halogens is 1. The van der Waals surface area contributed by atoms with E-state index in [0.29, 0.717) is 10.6 Å². The van der Waals surface area contributed by atoms with Gasteiger partial charge in [0.1, 0.15) is 0 Å². The molecule has 0 aliphatic rings. The quantitative estimate of drug-likeness (QED) is 0.532. The molecule has 1 nitrogen and oxygen atoms in total. The minimum Gasteiger partial charge on any atom is -0.289 e. The lowest BCUT2D eigenvalue weighted by Gasteiger charge is -2.05. The molecule has 2 rings (SSSR count). The molecule has 0 atom stereocenters. The molecule has 106 valence electrons. The molecular formula is C19H17ClO. The van der Waals surface area contributed by atoms with Crippen molar-refractivity contribution in [1.29, 1.82) is 0 Å². The van der Waals surface area contributed by atoms with E-state index in [2.05, 4.69) is 0 Å². The van der Waals surface area contributed by atoms with Gasteiger partial charge in [-0.3, -0.25) is 4.79 Å². The molecule has 0 amide bonds. The first-order valence-corrected chi connectivity index (χ1v) is 7.32. The number of hydrogen-bond acceptors (Lipinski definition) is 1. The summed E-state index contributed by atoms with van der Waals surface area (Å²) in [6.07, 6.45) is 6.25. The van der Waals surface area contributed by atoms with Crippen LogP contribution in [0.25, 0.3) is 11.6 Å². The van der Waals surface area contributed by atoms with Crippen LogP contribution in [0.5, 0.6) is 0 Å². The van der Waals surface area contributed by atoms with Crippen LogP contribution >= 0.6 is 11.6 Å². The second-order valence-electron chi connectivity index (χ2n) is 4.65. The normalized spacial score (nSPS) is 11.8. The van der Waals surface area contributed by atoms with Gasteiger partial charge in [0.05, 0.1) is 0 Å². The van der Waals surface area contributed by atoms with Gasteiger partial charge in [0.25, 0.3) is 0 Å². The fraction of sp³-hybridized carbons (Fsp3) is 0.105. The molecule has 2 heteroatoms. The highest BCUT2D eigenvalue weighted by molar-refractivity contribution is 6.31. The lowest BCUT2D eigenvalue weighted by atomic mass is 9.98. The second-order valence-corrected chi connectivity index (χ2v) is 5.09. The van der Waals surface area contributed by atoms with E-state index >= 15 is 0 Å². The molecular weight excluding hydrogens is 280 g/mol.